The van der Waals surface area contributed by atoms with Gasteiger partial charge in [-0.25, -0.2) is 0 Å². The van der Waals surface area contributed by atoms with Crippen molar-refractivity contribution in [2.75, 3.05) is 26.2 Å². The third kappa shape index (κ3) is 4.12. The fourth-order valence-electron chi connectivity index (χ4n) is 2.82. The lowest BCUT2D eigenvalue weighted by Crippen LogP contribution is -2.48. The van der Waals surface area contributed by atoms with Crippen LogP contribution in [-0.2, 0) is 6.54 Å². The van der Waals surface area contributed by atoms with E-state index in [1.165, 1.54) is 23.8 Å². The molecular formula is C17H17ClN4O3. The van der Waals surface area contributed by atoms with Crippen LogP contribution in [0.3, 0.4) is 0 Å². The number of hydrogen-bond donors (Lipinski definition) is 0. The molecule has 1 fully saturated rings. The van der Waals surface area contributed by atoms with Crippen LogP contribution in [0, 0.1) is 10.1 Å². The molecule has 1 amide bonds. The number of benzene rings is 1. The second-order valence-corrected chi connectivity index (χ2v) is 6.25. The molecule has 25 heavy (non-hydrogen) atoms. The Morgan fingerprint density at radius 1 is 1.16 bits per heavy atom. The first-order valence-electron chi connectivity index (χ1n) is 7.89. The molecule has 1 aliphatic heterocycles. The molecule has 1 saturated heterocycles. The summed E-state index contributed by atoms with van der Waals surface area (Å²) in [5, 5.41) is 10.9. The van der Waals surface area contributed by atoms with E-state index in [9.17, 15) is 14.9 Å². The molecule has 0 unspecified atom stereocenters. The quantitative estimate of drug-likeness (QED) is 0.618. The first-order chi connectivity index (χ1) is 12.0. The van der Waals surface area contributed by atoms with Crippen molar-refractivity contribution in [1.29, 1.82) is 0 Å². The Morgan fingerprint density at radius 2 is 1.84 bits per heavy atom. The second kappa shape index (κ2) is 7.58. The number of nitrogens with zero attached hydrogens (tertiary/aromatic N) is 4. The summed E-state index contributed by atoms with van der Waals surface area (Å²) >= 11 is 6.06. The standard InChI is InChI=1S/C17H17ClN4O3/c18-16-11-14(22(24)25)1-2-15(16)17(23)21-9-7-20(8-10-21)12-13-3-5-19-6-4-13/h1-6,11H,7-10,12H2. The summed E-state index contributed by atoms with van der Waals surface area (Å²) in [6.45, 7) is 3.54. The Hall–Kier alpha value is -2.51. The van der Waals surface area contributed by atoms with Crippen molar-refractivity contribution in [1.82, 2.24) is 14.8 Å². The van der Waals surface area contributed by atoms with Crippen molar-refractivity contribution in [2.45, 2.75) is 6.54 Å². The molecule has 1 aromatic carbocycles. The summed E-state index contributed by atoms with van der Waals surface area (Å²) in [6, 6.07) is 7.90. The highest BCUT2D eigenvalue weighted by atomic mass is 35.5. The zero-order valence-corrected chi connectivity index (χ0v) is 14.2. The van der Waals surface area contributed by atoms with E-state index in [2.05, 4.69) is 9.88 Å². The van der Waals surface area contributed by atoms with Crippen LogP contribution in [0.15, 0.2) is 42.7 Å². The molecule has 1 aromatic heterocycles. The predicted octanol–water partition coefficient (Wildman–Crippen LogP) is 2.60. The van der Waals surface area contributed by atoms with E-state index in [-0.39, 0.29) is 16.6 Å². The van der Waals surface area contributed by atoms with E-state index in [0.717, 1.165) is 19.6 Å². The first-order valence-corrected chi connectivity index (χ1v) is 8.27. The molecule has 130 valence electrons. The molecule has 7 nitrogen and oxygen atoms in total. The minimum Gasteiger partial charge on any atom is -0.336 e. The molecule has 2 heterocycles. The second-order valence-electron chi connectivity index (χ2n) is 5.85. The van der Waals surface area contributed by atoms with Crippen molar-refractivity contribution in [2.24, 2.45) is 0 Å². The summed E-state index contributed by atoms with van der Waals surface area (Å²) in [6.07, 6.45) is 3.54. The van der Waals surface area contributed by atoms with Crippen molar-refractivity contribution in [3.63, 3.8) is 0 Å². The van der Waals surface area contributed by atoms with Gasteiger partial charge >= 0.3 is 0 Å². The number of halogens is 1. The summed E-state index contributed by atoms with van der Waals surface area (Å²) in [5.74, 6) is -0.191. The van der Waals surface area contributed by atoms with Gasteiger partial charge in [-0.15, -0.1) is 0 Å². The number of carbonyl (C=O) groups excluding carboxylic acids is 1. The number of non-ortho nitro benzene ring substituents is 1. The highest BCUT2D eigenvalue weighted by Gasteiger charge is 2.24. The summed E-state index contributed by atoms with van der Waals surface area (Å²) in [5.41, 5.74) is 1.37. The number of nitro benzene ring substituents is 1. The molecule has 0 N–H and O–H groups in total. The fourth-order valence-corrected chi connectivity index (χ4v) is 3.07. The van der Waals surface area contributed by atoms with Gasteiger partial charge in [-0.1, -0.05) is 11.6 Å². The summed E-state index contributed by atoms with van der Waals surface area (Å²) in [4.78, 5) is 30.9. The number of amides is 1. The lowest BCUT2D eigenvalue weighted by molar-refractivity contribution is -0.384. The van der Waals surface area contributed by atoms with Gasteiger partial charge < -0.3 is 4.90 Å². The van der Waals surface area contributed by atoms with E-state index < -0.39 is 4.92 Å². The van der Waals surface area contributed by atoms with Crippen LogP contribution in [0.25, 0.3) is 0 Å². The molecule has 0 radical (unpaired) electrons. The Bertz CT molecular complexity index is 777. The number of hydrogen-bond acceptors (Lipinski definition) is 5. The monoisotopic (exact) mass is 360 g/mol. The Balaban J connectivity index is 1.61. The minimum atomic E-state index is -0.530. The van der Waals surface area contributed by atoms with Crippen LogP contribution in [0.1, 0.15) is 15.9 Å². The third-order valence-corrected chi connectivity index (χ3v) is 4.52. The average molecular weight is 361 g/mol. The van der Waals surface area contributed by atoms with E-state index >= 15 is 0 Å². The number of aromatic nitrogens is 1. The SMILES string of the molecule is O=C(c1ccc([N+](=O)[O-])cc1Cl)N1CCN(Cc2ccncc2)CC1. The molecular weight excluding hydrogens is 344 g/mol. The van der Waals surface area contributed by atoms with Crippen LogP contribution >= 0.6 is 11.6 Å². The molecule has 0 spiro atoms. The van der Waals surface area contributed by atoms with Crippen LogP contribution in [0.5, 0.6) is 0 Å². The Morgan fingerprint density at radius 3 is 2.44 bits per heavy atom. The minimum absolute atomic E-state index is 0.110. The van der Waals surface area contributed by atoms with Gasteiger partial charge in [0, 0.05) is 57.3 Å². The van der Waals surface area contributed by atoms with Gasteiger partial charge in [-0.3, -0.25) is 24.8 Å². The lowest BCUT2D eigenvalue weighted by atomic mass is 10.1. The lowest BCUT2D eigenvalue weighted by Gasteiger charge is -2.34. The molecule has 1 aliphatic rings. The maximum atomic E-state index is 12.6. The Kier molecular flexibility index (Phi) is 5.25. The maximum Gasteiger partial charge on any atom is 0.270 e. The van der Waals surface area contributed by atoms with Gasteiger partial charge in [-0.05, 0) is 23.8 Å². The number of nitro groups is 1. The average Bonchev–Trinajstić information content (AvgIpc) is 2.62. The van der Waals surface area contributed by atoms with E-state index in [4.69, 9.17) is 11.6 Å². The smallest absolute Gasteiger partial charge is 0.270 e. The number of carbonyl (C=O) groups is 1. The van der Waals surface area contributed by atoms with Crippen LogP contribution in [-0.4, -0.2) is 51.8 Å². The third-order valence-electron chi connectivity index (χ3n) is 4.21. The first kappa shape index (κ1) is 17.3. The zero-order chi connectivity index (χ0) is 17.8. The topological polar surface area (TPSA) is 79.6 Å². The molecule has 2 aromatic rings. The van der Waals surface area contributed by atoms with Crippen molar-refractivity contribution >= 4 is 23.2 Å². The van der Waals surface area contributed by atoms with Gasteiger partial charge in [0.05, 0.1) is 15.5 Å². The van der Waals surface area contributed by atoms with Crippen LogP contribution < -0.4 is 0 Å². The largest absolute Gasteiger partial charge is 0.336 e. The van der Waals surface area contributed by atoms with Gasteiger partial charge in [0.25, 0.3) is 11.6 Å². The molecule has 0 bridgehead atoms. The van der Waals surface area contributed by atoms with Crippen LogP contribution in [0.2, 0.25) is 5.02 Å². The van der Waals surface area contributed by atoms with Crippen LogP contribution in [0.4, 0.5) is 5.69 Å². The van der Waals surface area contributed by atoms with E-state index in [0.29, 0.717) is 18.7 Å². The predicted molar refractivity (Wildman–Crippen MR) is 93.5 cm³/mol. The van der Waals surface area contributed by atoms with Crippen molar-refractivity contribution in [3.8, 4) is 0 Å². The van der Waals surface area contributed by atoms with Gasteiger partial charge in [-0.2, -0.15) is 0 Å². The maximum absolute atomic E-state index is 12.6. The number of rotatable bonds is 4. The zero-order valence-electron chi connectivity index (χ0n) is 13.5. The van der Waals surface area contributed by atoms with Crippen molar-refractivity contribution in [3.05, 3.63) is 69.0 Å². The molecule has 0 atom stereocenters. The molecule has 3 rings (SSSR count). The van der Waals surface area contributed by atoms with Gasteiger partial charge in [0.15, 0.2) is 0 Å². The van der Waals surface area contributed by atoms with E-state index in [1.807, 2.05) is 12.1 Å². The summed E-state index contributed by atoms with van der Waals surface area (Å²) in [7, 11) is 0. The van der Waals surface area contributed by atoms with E-state index in [1.54, 1.807) is 17.3 Å². The number of piperazine rings is 1. The van der Waals surface area contributed by atoms with Gasteiger partial charge in [0.1, 0.15) is 0 Å². The molecule has 0 aliphatic carbocycles. The highest BCUT2D eigenvalue weighted by Crippen LogP contribution is 2.24. The highest BCUT2D eigenvalue weighted by molar-refractivity contribution is 6.34. The van der Waals surface area contributed by atoms with Gasteiger partial charge in [0.2, 0.25) is 0 Å². The Labute approximate surface area is 150 Å². The molecule has 8 heteroatoms. The summed E-state index contributed by atoms with van der Waals surface area (Å²) < 4.78 is 0. The fraction of sp³-hybridized carbons (Fsp3) is 0.294. The van der Waals surface area contributed by atoms with Crippen molar-refractivity contribution < 1.29 is 9.72 Å². The molecule has 0 saturated carbocycles. The normalized spacial score (nSPS) is 15.2. The number of pyridine rings is 1.